The number of nitrogens with one attached hydrogen (secondary N) is 1. The third kappa shape index (κ3) is 2.65. The van der Waals surface area contributed by atoms with Gasteiger partial charge in [-0.2, -0.15) is 0 Å². The van der Waals surface area contributed by atoms with Crippen molar-refractivity contribution in [2.75, 3.05) is 5.73 Å². The van der Waals surface area contributed by atoms with Crippen molar-refractivity contribution in [1.82, 2.24) is 9.97 Å². The number of hydrogen-bond donors (Lipinski definition) is 2. The Morgan fingerprint density at radius 2 is 2.00 bits per heavy atom. The van der Waals surface area contributed by atoms with E-state index in [1.807, 2.05) is 24.3 Å². The molecule has 1 aromatic carbocycles. The number of anilines is 1. The predicted molar refractivity (Wildman–Crippen MR) is 62.9 cm³/mol. The molecular weight excluding hydrogens is 221 g/mol. The highest BCUT2D eigenvalue weighted by atomic mass is 35.5. The molecule has 0 radical (unpaired) electrons. The van der Waals surface area contributed by atoms with Crippen LogP contribution in [0, 0.1) is 0 Å². The van der Waals surface area contributed by atoms with Gasteiger partial charge in [0, 0.05) is 11.3 Å². The van der Waals surface area contributed by atoms with Crippen LogP contribution in [-0.2, 0) is 0 Å². The normalized spacial score (nSPS) is 8.57. The maximum Gasteiger partial charge on any atom is 0.0924 e. The fourth-order valence-electron chi connectivity index (χ4n) is 1.12. The van der Waals surface area contributed by atoms with E-state index in [2.05, 4.69) is 9.97 Å². The maximum absolute atomic E-state index is 5.63. The summed E-state index contributed by atoms with van der Waals surface area (Å²) in [5.41, 5.74) is 8.45. The van der Waals surface area contributed by atoms with Gasteiger partial charge in [0.05, 0.1) is 18.2 Å². The van der Waals surface area contributed by atoms with E-state index < -0.39 is 0 Å². The molecule has 76 valence electrons. The molecule has 0 aliphatic heterocycles. The molecule has 0 saturated heterocycles. The summed E-state index contributed by atoms with van der Waals surface area (Å²) in [6.45, 7) is 0. The van der Waals surface area contributed by atoms with Crippen LogP contribution >= 0.6 is 24.8 Å². The third-order valence-corrected chi connectivity index (χ3v) is 1.70. The molecule has 5 heteroatoms. The number of nitrogen functional groups attached to an aromatic ring is 1. The SMILES string of the molecule is Cl.Cl.Nc1cccc(-c2cnc[nH]2)c1. The van der Waals surface area contributed by atoms with Gasteiger partial charge in [-0.15, -0.1) is 24.8 Å². The van der Waals surface area contributed by atoms with Crippen molar-refractivity contribution in [2.45, 2.75) is 0 Å². The lowest BCUT2D eigenvalue weighted by molar-refractivity contribution is 1.31. The van der Waals surface area contributed by atoms with Crippen LogP contribution in [-0.4, -0.2) is 9.97 Å². The Morgan fingerprint density at radius 3 is 2.57 bits per heavy atom. The van der Waals surface area contributed by atoms with Crippen molar-refractivity contribution in [3.63, 3.8) is 0 Å². The molecule has 0 fully saturated rings. The van der Waals surface area contributed by atoms with Gasteiger partial charge in [0.25, 0.3) is 0 Å². The van der Waals surface area contributed by atoms with Gasteiger partial charge in [-0.25, -0.2) is 4.98 Å². The summed E-state index contributed by atoms with van der Waals surface area (Å²) in [5, 5.41) is 0. The van der Waals surface area contributed by atoms with E-state index in [-0.39, 0.29) is 24.8 Å². The van der Waals surface area contributed by atoms with Crippen molar-refractivity contribution in [1.29, 1.82) is 0 Å². The first-order valence-corrected chi connectivity index (χ1v) is 3.70. The van der Waals surface area contributed by atoms with Crippen LogP contribution in [0.3, 0.4) is 0 Å². The molecule has 3 nitrogen and oxygen atoms in total. The van der Waals surface area contributed by atoms with Gasteiger partial charge < -0.3 is 10.7 Å². The first-order chi connectivity index (χ1) is 5.86. The minimum Gasteiger partial charge on any atom is -0.399 e. The van der Waals surface area contributed by atoms with Gasteiger partial charge in [0.15, 0.2) is 0 Å². The van der Waals surface area contributed by atoms with Gasteiger partial charge in [0.1, 0.15) is 0 Å². The molecule has 14 heavy (non-hydrogen) atoms. The van der Waals surface area contributed by atoms with Crippen molar-refractivity contribution < 1.29 is 0 Å². The van der Waals surface area contributed by atoms with Crippen LogP contribution in [0.4, 0.5) is 5.69 Å². The number of halogens is 2. The Kier molecular flexibility index (Phi) is 5.05. The molecule has 0 bridgehead atoms. The molecule has 0 spiro atoms. The molecule has 0 amide bonds. The van der Waals surface area contributed by atoms with Gasteiger partial charge >= 0.3 is 0 Å². The Morgan fingerprint density at radius 1 is 1.21 bits per heavy atom. The average Bonchev–Trinajstić information content (AvgIpc) is 2.56. The van der Waals surface area contributed by atoms with Crippen LogP contribution in [0.1, 0.15) is 0 Å². The number of rotatable bonds is 1. The lowest BCUT2D eigenvalue weighted by Gasteiger charge is -1.97. The van der Waals surface area contributed by atoms with Crippen molar-refractivity contribution in [3.8, 4) is 11.3 Å². The third-order valence-electron chi connectivity index (χ3n) is 1.70. The molecule has 0 unspecified atom stereocenters. The number of aromatic nitrogens is 2. The van der Waals surface area contributed by atoms with E-state index in [1.165, 1.54) is 0 Å². The van der Waals surface area contributed by atoms with Gasteiger partial charge in [-0.05, 0) is 12.1 Å². The van der Waals surface area contributed by atoms with Gasteiger partial charge in [-0.3, -0.25) is 0 Å². The molecule has 3 N–H and O–H groups in total. The van der Waals surface area contributed by atoms with E-state index in [0.717, 1.165) is 16.9 Å². The smallest absolute Gasteiger partial charge is 0.0924 e. The summed E-state index contributed by atoms with van der Waals surface area (Å²) in [4.78, 5) is 6.95. The number of nitrogens with zero attached hydrogens (tertiary/aromatic N) is 1. The molecule has 0 atom stereocenters. The topological polar surface area (TPSA) is 54.7 Å². The lowest BCUT2D eigenvalue weighted by atomic mass is 10.1. The summed E-state index contributed by atoms with van der Waals surface area (Å²) in [7, 11) is 0. The zero-order chi connectivity index (χ0) is 8.39. The monoisotopic (exact) mass is 231 g/mol. The Balaban J connectivity index is 0.000000845. The quantitative estimate of drug-likeness (QED) is 0.742. The van der Waals surface area contributed by atoms with E-state index >= 15 is 0 Å². The molecular formula is C9H11Cl2N3. The van der Waals surface area contributed by atoms with E-state index in [4.69, 9.17) is 5.73 Å². The van der Waals surface area contributed by atoms with Crippen molar-refractivity contribution >= 4 is 30.5 Å². The van der Waals surface area contributed by atoms with Gasteiger partial charge in [0.2, 0.25) is 0 Å². The number of H-pyrrole nitrogens is 1. The molecule has 1 heterocycles. The minimum atomic E-state index is 0. The second-order valence-electron chi connectivity index (χ2n) is 2.59. The minimum absolute atomic E-state index is 0. The molecule has 0 saturated carbocycles. The number of hydrogen-bond acceptors (Lipinski definition) is 2. The Bertz CT molecular complexity index is 373. The zero-order valence-corrected chi connectivity index (χ0v) is 8.94. The summed E-state index contributed by atoms with van der Waals surface area (Å²) in [6.07, 6.45) is 3.42. The maximum atomic E-state index is 5.63. The predicted octanol–water partition coefficient (Wildman–Crippen LogP) is 2.50. The standard InChI is InChI=1S/C9H9N3.2ClH/c10-8-3-1-2-7(4-8)9-5-11-6-12-9;;/h1-6H,10H2,(H,11,12);2*1H. The molecule has 0 aliphatic carbocycles. The van der Waals surface area contributed by atoms with Crippen LogP contribution in [0.25, 0.3) is 11.3 Å². The first-order valence-electron chi connectivity index (χ1n) is 3.70. The van der Waals surface area contributed by atoms with E-state index in [0.29, 0.717) is 0 Å². The summed E-state index contributed by atoms with van der Waals surface area (Å²) in [6, 6.07) is 7.68. The van der Waals surface area contributed by atoms with E-state index in [9.17, 15) is 0 Å². The largest absolute Gasteiger partial charge is 0.399 e. The molecule has 2 rings (SSSR count). The summed E-state index contributed by atoms with van der Waals surface area (Å²) >= 11 is 0. The molecule has 1 aromatic heterocycles. The van der Waals surface area contributed by atoms with Gasteiger partial charge in [-0.1, -0.05) is 12.1 Å². The number of aromatic amines is 1. The average molecular weight is 232 g/mol. The summed E-state index contributed by atoms with van der Waals surface area (Å²) in [5.74, 6) is 0. The lowest BCUT2D eigenvalue weighted by Crippen LogP contribution is -1.84. The Labute approximate surface area is 94.6 Å². The highest BCUT2D eigenvalue weighted by Gasteiger charge is 1.96. The molecule has 2 aromatic rings. The second kappa shape index (κ2) is 5.52. The first kappa shape index (κ1) is 12.8. The van der Waals surface area contributed by atoms with Crippen LogP contribution < -0.4 is 5.73 Å². The van der Waals surface area contributed by atoms with E-state index in [1.54, 1.807) is 12.5 Å². The van der Waals surface area contributed by atoms with Crippen LogP contribution in [0.15, 0.2) is 36.8 Å². The zero-order valence-electron chi connectivity index (χ0n) is 7.31. The fraction of sp³-hybridized carbons (Fsp3) is 0. The van der Waals surface area contributed by atoms with Crippen LogP contribution in [0.5, 0.6) is 0 Å². The van der Waals surface area contributed by atoms with Crippen molar-refractivity contribution in [2.24, 2.45) is 0 Å². The second-order valence-corrected chi connectivity index (χ2v) is 2.59. The van der Waals surface area contributed by atoms with Crippen molar-refractivity contribution in [3.05, 3.63) is 36.8 Å². The highest BCUT2D eigenvalue weighted by molar-refractivity contribution is 5.85. The Hall–Kier alpha value is -1.19. The highest BCUT2D eigenvalue weighted by Crippen LogP contribution is 2.17. The molecule has 0 aliphatic rings. The number of imidazole rings is 1. The number of nitrogens with two attached hydrogens (primary N) is 1. The van der Waals surface area contributed by atoms with Crippen LogP contribution in [0.2, 0.25) is 0 Å². The number of benzene rings is 1. The summed E-state index contributed by atoms with van der Waals surface area (Å²) < 4.78 is 0. The fourth-order valence-corrected chi connectivity index (χ4v) is 1.12.